The first-order valence-electron chi connectivity index (χ1n) is 9.27. The number of para-hydroxylation sites is 1. The topological polar surface area (TPSA) is 87.1 Å². The van der Waals surface area contributed by atoms with Crippen molar-refractivity contribution in [2.24, 2.45) is 0 Å². The molecular weight excluding hydrogens is 388 g/mol. The minimum Gasteiger partial charge on any atom is -0.379 e. The van der Waals surface area contributed by atoms with Gasteiger partial charge < -0.3 is 10.6 Å². The molecule has 3 N–H and O–H groups in total. The zero-order valence-corrected chi connectivity index (χ0v) is 16.9. The van der Waals surface area contributed by atoms with Crippen molar-refractivity contribution >= 4 is 29.0 Å². The Labute approximate surface area is 172 Å². The summed E-state index contributed by atoms with van der Waals surface area (Å²) >= 11 is 6.18. The maximum Gasteiger partial charge on any atom is 0.274 e. The van der Waals surface area contributed by atoms with E-state index in [-0.39, 0.29) is 5.56 Å². The molecular formula is C21H21ClN6O. The van der Waals surface area contributed by atoms with Crippen LogP contribution >= 0.6 is 11.6 Å². The minimum absolute atomic E-state index is 0.216. The number of fused-ring (bicyclic) bond motifs is 1. The molecule has 0 spiro atoms. The van der Waals surface area contributed by atoms with Crippen molar-refractivity contribution in [1.29, 1.82) is 0 Å². The van der Waals surface area contributed by atoms with Crippen LogP contribution in [0.3, 0.4) is 0 Å². The van der Waals surface area contributed by atoms with E-state index in [2.05, 4.69) is 25.7 Å². The summed E-state index contributed by atoms with van der Waals surface area (Å²) in [7, 11) is 0. The van der Waals surface area contributed by atoms with E-state index in [1.54, 1.807) is 0 Å². The Morgan fingerprint density at radius 3 is 2.52 bits per heavy atom. The first kappa shape index (κ1) is 19.0. The van der Waals surface area contributed by atoms with E-state index in [1.165, 1.54) is 10.6 Å². The summed E-state index contributed by atoms with van der Waals surface area (Å²) in [5, 5.41) is 10.1. The average Bonchev–Trinajstić information content (AvgIpc) is 3.11. The molecule has 29 heavy (non-hydrogen) atoms. The van der Waals surface area contributed by atoms with E-state index in [0.717, 1.165) is 22.4 Å². The Morgan fingerprint density at radius 1 is 1.00 bits per heavy atom. The van der Waals surface area contributed by atoms with Gasteiger partial charge in [0.15, 0.2) is 0 Å². The standard InChI is InChI=1S/C21H21ClN6O/c1-13-6-5-7-14(2)19(13)23-12-16-10-18(29)28-21(25-16)26-20(27-28)24-11-15-8-3-4-9-17(15)22/h3-10,23H,11-12H2,1-2H3,(H2,24,25,26,27). The lowest BCUT2D eigenvalue weighted by molar-refractivity contribution is 0.874. The third kappa shape index (κ3) is 4.09. The lowest BCUT2D eigenvalue weighted by Crippen LogP contribution is -2.17. The first-order valence-corrected chi connectivity index (χ1v) is 9.65. The molecule has 0 atom stereocenters. The predicted molar refractivity (Wildman–Crippen MR) is 116 cm³/mol. The number of nitrogens with zero attached hydrogens (tertiary/aromatic N) is 3. The van der Waals surface area contributed by atoms with E-state index in [4.69, 9.17) is 11.6 Å². The van der Waals surface area contributed by atoms with Crippen LogP contribution in [0.15, 0.2) is 53.3 Å². The maximum atomic E-state index is 12.5. The van der Waals surface area contributed by atoms with Gasteiger partial charge in [-0.2, -0.15) is 9.50 Å². The molecule has 0 fully saturated rings. The zero-order valence-electron chi connectivity index (χ0n) is 16.2. The van der Waals surface area contributed by atoms with Crippen LogP contribution in [0.4, 0.5) is 11.6 Å². The number of hydrogen-bond acceptors (Lipinski definition) is 5. The van der Waals surface area contributed by atoms with Gasteiger partial charge in [-0.15, -0.1) is 0 Å². The van der Waals surface area contributed by atoms with Crippen LogP contribution in [0.25, 0.3) is 5.78 Å². The number of aromatic amines is 1. The molecule has 2 heterocycles. The van der Waals surface area contributed by atoms with Gasteiger partial charge in [0.05, 0.1) is 12.2 Å². The number of H-pyrrole nitrogens is 1. The molecule has 8 heteroatoms. The predicted octanol–water partition coefficient (Wildman–Crippen LogP) is 3.91. The van der Waals surface area contributed by atoms with Gasteiger partial charge in [0.2, 0.25) is 5.95 Å². The van der Waals surface area contributed by atoms with Crippen LogP contribution in [0.1, 0.15) is 22.4 Å². The van der Waals surface area contributed by atoms with E-state index >= 15 is 0 Å². The van der Waals surface area contributed by atoms with Crippen LogP contribution in [0.5, 0.6) is 0 Å². The van der Waals surface area contributed by atoms with Crippen LogP contribution in [0, 0.1) is 13.8 Å². The van der Waals surface area contributed by atoms with E-state index in [0.29, 0.717) is 35.5 Å². The monoisotopic (exact) mass is 408 g/mol. The van der Waals surface area contributed by atoms with Crippen LogP contribution in [-0.4, -0.2) is 19.6 Å². The molecule has 0 aliphatic heterocycles. The maximum absolute atomic E-state index is 12.5. The SMILES string of the molecule is Cc1cccc(C)c1NCc1cc(=O)n2[nH]c(NCc3ccccc3Cl)nc2n1. The molecule has 0 saturated carbocycles. The first-order chi connectivity index (χ1) is 14.0. The van der Waals surface area contributed by atoms with Crippen molar-refractivity contribution in [2.45, 2.75) is 26.9 Å². The van der Waals surface area contributed by atoms with Crippen molar-refractivity contribution < 1.29 is 0 Å². The highest BCUT2D eigenvalue weighted by Gasteiger charge is 2.09. The molecule has 2 aromatic carbocycles. The molecule has 7 nitrogen and oxygen atoms in total. The van der Waals surface area contributed by atoms with Gasteiger partial charge in [-0.3, -0.25) is 9.89 Å². The molecule has 0 unspecified atom stereocenters. The molecule has 0 saturated heterocycles. The third-order valence-corrected chi connectivity index (χ3v) is 5.08. The molecule has 0 bridgehead atoms. The number of nitrogens with one attached hydrogen (secondary N) is 3. The lowest BCUT2D eigenvalue weighted by Gasteiger charge is -2.11. The summed E-state index contributed by atoms with van der Waals surface area (Å²) in [4.78, 5) is 21.3. The zero-order chi connectivity index (χ0) is 20.4. The van der Waals surface area contributed by atoms with Crippen LogP contribution in [-0.2, 0) is 13.1 Å². The Balaban J connectivity index is 1.52. The Kier molecular flexibility index (Phi) is 5.22. The summed E-state index contributed by atoms with van der Waals surface area (Å²) in [5.74, 6) is 0.770. The summed E-state index contributed by atoms with van der Waals surface area (Å²) in [6, 6.07) is 15.2. The molecule has 0 aliphatic rings. The summed E-state index contributed by atoms with van der Waals surface area (Å²) in [6.45, 7) is 5.01. The van der Waals surface area contributed by atoms with E-state index < -0.39 is 0 Å². The average molecular weight is 409 g/mol. The number of hydrogen-bond donors (Lipinski definition) is 3. The summed E-state index contributed by atoms with van der Waals surface area (Å²) in [5.41, 5.74) is 4.70. The fourth-order valence-electron chi connectivity index (χ4n) is 3.19. The second-order valence-corrected chi connectivity index (χ2v) is 7.27. The minimum atomic E-state index is -0.216. The van der Waals surface area contributed by atoms with Gasteiger partial charge in [0.1, 0.15) is 0 Å². The number of aryl methyl sites for hydroxylation is 2. The number of benzene rings is 2. The van der Waals surface area contributed by atoms with Crippen LogP contribution in [0.2, 0.25) is 5.02 Å². The van der Waals surface area contributed by atoms with Crippen molar-refractivity contribution in [3.8, 4) is 0 Å². The van der Waals surface area contributed by atoms with Gasteiger partial charge in [-0.05, 0) is 36.6 Å². The smallest absolute Gasteiger partial charge is 0.274 e. The van der Waals surface area contributed by atoms with Gasteiger partial charge in [-0.25, -0.2) is 4.98 Å². The molecule has 0 amide bonds. The highest BCUT2D eigenvalue weighted by molar-refractivity contribution is 6.31. The van der Waals surface area contributed by atoms with Crippen molar-refractivity contribution in [1.82, 2.24) is 19.6 Å². The van der Waals surface area contributed by atoms with Crippen molar-refractivity contribution in [3.05, 3.63) is 86.3 Å². The largest absolute Gasteiger partial charge is 0.379 e. The number of halogens is 1. The van der Waals surface area contributed by atoms with Gasteiger partial charge in [0.25, 0.3) is 11.3 Å². The fourth-order valence-corrected chi connectivity index (χ4v) is 3.39. The summed E-state index contributed by atoms with van der Waals surface area (Å²) in [6.07, 6.45) is 0. The van der Waals surface area contributed by atoms with E-state index in [1.807, 2.05) is 56.3 Å². The number of aromatic nitrogens is 4. The molecule has 4 aromatic rings. The Bertz CT molecular complexity index is 1210. The fraction of sp³-hybridized carbons (Fsp3) is 0.190. The molecule has 0 aliphatic carbocycles. The summed E-state index contributed by atoms with van der Waals surface area (Å²) < 4.78 is 1.32. The van der Waals surface area contributed by atoms with Crippen LogP contribution < -0.4 is 16.2 Å². The second-order valence-electron chi connectivity index (χ2n) is 6.86. The van der Waals surface area contributed by atoms with Gasteiger partial charge in [-0.1, -0.05) is 48.0 Å². The highest BCUT2D eigenvalue weighted by Crippen LogP contribution is 2.20. The number of rotatable bonds is 6. The Morgan fingerprint density at radius 2 is 1.76 bits per heavy atom. The Hall–Kier alpha value is -3.32. The third-order valence-electron chi connectivity index (χ3n) is 4.72. The molecule has 2 aromatic heterocycles. The van der Waals surface area contributed by atoms with E-state index in [9.17, 15) is 4.79 Å². The second kappa shape index (κ2) is 7.97. The quantitative estimate of drug-likeness (QED) is 0.450. The van der Waals surface area contributed by atoms with Crippen molar-refractivity contribution in [2.75, 3.05) is 10.6 Å². The van der Waals surface area contributed by atoms with Crippen molar-refractivity contribution in [3.63, 3.8) is 0 Å². The van der Waals surface area contributed by atoms with Gasteiger partial charge >= 0.3 is 0 Å². The molecule has 0 radical (unpaired) electrons. The molecule has 148 valence electrons. The number of anilines is 2. The normalized spacial score (nSPS) is 11.0. The molecule has 4 rings (SSSR count). The lowest BCUT2D eigenvalue weighted by atomic mass is 10.1. The van der Waals surface area contributed by atoms with Gasteiger partial charge in [0, 0.05) is 23.3 Å². The highest BCUT2D eigenvalue weighted by atomic mass is 35.5.